The summed E-state index contributed by atoms with van der Waals surface area (Å²) in [7, 11) is 0. The van der Waals surface area contributed by atoms with Crippen LogP contribution in [0.3, 0.4) is 0 Å². The second-order valence-corrected chi connectivity index (χ2v) is 7.06. The fourth-order valence-electron chi connectivity index (χ4n) is 2.96. The third kappa shape index (κ3) is 4.23. The van der Waals surface area contributed by atoms with Gasteiger partial charge in [0.05, 0.1) is 11.3 Å². The van der Waals surface area contributed by atoms with E-state index in [1.54, 1.807) is 0 Å². The van der Waals surface area contributed by atoms with Gasteiger partial charge in [-0.3, -0.25) is 4.79 Å². The van der Waals surface area contributed by atoms with Crippen molar-refractivity contribution in [3.8, 4) is 6.07 Å². The van der Waals surface area contributed by atoms with E-state index in [9.17, 15) is 10.1 Å². The van der Waals surface area contributed by atoms with Gasteiger partial charge in [-0.1, -0.05) is 31.5 Å². The molecule has 2 rings (SSSR count). The molecule has 1 saturated carbocycles. The van der Waals surface area contributed by atoms with Gasteiger partial charge in [0.25, 0.3) is 0 Å². The molecular weight excluding hydrogens is 294 g/mol. The molecule has 4 nitrogen and oxygen atoms in total. The molecule has 0 bridgehead atoms. The topological polar surface area (TPSA) is 65.8 Å². The van der Waals surface area contributed by atoms with E-state index in [0.29, 0.717) is 28.3 Å². The SMILES string of the molecule is Cc1cc(C)c(C#N)c(SCC(=O)N[C@H]2CCCC[C@H]2C)n1. The van der Waals surface area contributed by atoms with Gasteiger partial charge in [0, 0.05) is 11.7 Å². The second-order valence-electron chi connectivity index (χ2n) is 6.10. The van der Waals surface area contributed by atoms with Crippen molar-refractivity contribution in [3.63, 3.8) is 0 Å². The van der Waals surface area contributed by atoms with Crippen LogP contribution in [0.25, 0.3) is 0 Å². The number of carbonyl (C=O) groups is 1. The third-order valence-electron chi connectivity index (χ3n) is 4.22. The summed E-state index contributed by atoms with van der Waals surface area (Å²) in [6.45, 7) is 6.01. The molecule has 1 fully saturated rings. The number of thioether (sulfide) groups is 1. The van der Waals surface area contributed by atoms with E-state index in [1.807, 2.05) is 19.9 Å². The second kappa shape index (κ2) is 7.64. The zero-order valence-electron chi connectivity index (χ0n) is 13.5. The maximum Gasteiger partial charge on any atom is 0.230 e. The number of nitriles is 1. The Balaban J connectivity index is 1.95. The van der Waals surface area contributed by atoms with Crippen LogP contribution < -0.4 is 5.32 Å². The number of carbonyl (C=O) groups excluding carboxylic acids is 1. The Bertz CT molecular complexity index is 594. The van der Waals surface area contributed by atoms with Crippen LogP contribution in [0.15, 0.2) is 11.1 Å². The van der Waals surface area contributed by atoms with Crippen LogP contribution in [0.4, 0.5) is 0 Å². The molecule has 0 aliphatic heterocycles. The van der Waals surface area contributed by atoms with Crippen molar-refractivity contribution in [2.45, 2.75) is 57.5 Å². The minimum absolute atomic E-state index is 0.0357. The highest BCUT2D eigenvalue weighted by Crippen LogP contribution is 2.25. The zero-order chi connectivity index (χ0) is 16.1. The number of pyridine rings is 1. The van der Waals surface area contributed by atoms with Crippen molar-refractivity contribution in [3.05, 3.63) is 22.9 Å². The average Bonchev–Trinajstić information content (AvgIpc) is 2.47. The number of rotatable bonds is 4. The van der Waals surface area contributed by atoms with Gasteiger partial charge in [0.2, 0.25) is 5.91 Å². The van der Waals surface area contributed by atoms with Crippen LogP contribution in [0.2, 0.25) is 0 Å². The number of aryl methyl sites for hydroxylation is 2. The van der Waals surface area contributed by atoms with E-state index in [2.05, 4.69) is 23.3 Å². The minimum Gasteiger partial charge on any atom is -0.352 e. The zero-order valence-corrected chi connectivity index (χ0v) is 14.3. The summed E-state index contributed by atoms with van der Waals surface area (Å²) in [5.41, 5.74) is 2.37. The summed E-state index contributed by atoms with van der Waals surface area (Å²) in [4.78, 5) is 16.6. The van der Waals surface area contributed by atoms with Crippen LogP contribution in [-0.2, 0) is 4.79 Å². The molecule has 118 valence electrons. The highest BCUT2D eigenvalue weighted by atomic mass is 32.2. The Morgan fingerprint density at radius 2 is 2.18 bits per heavy atom. The number of hydrogen-bond acceptors (Lipinski definition) is 4. The van der Waals surface area contributed by atoms with E-state index in [-0.39, 0.29) is 5.91 Å². The van der Waals surface area contributed by atoms with Gasteiger partial charge in [-0.2, -0.15) is 5.26 Å². The van der Waals surface area contributed by atoms with Crippen molar-refractivity contribution in [1.29, 1.82) is 5.26 Å². The van der Waals surface area contributed by atoms with Crippen molar-refractivity contribution < 1.29 is 4.79 Å². The Morgan fingerprint density at radius 1 is 1.45 bits per heavy atom. The summed E-state index contributed by atoms with van der Waals surface area (Å²) in [6.07, 6.45) is 4.72. The van der Waals surface area contributed by atoms with Crippen LogP contribution >= 0.6 is 11.8 Å². The van der Waals surface area contributed by atoms with Crippen molar-refractivity contribution in [1.82, 2.24) is 10.3 Å². The van der Waals surface area contributed by atoms with Gasteiger partial charge in [0.15, 0.2) is 0 Å². The van der Waals surface area contributed by atoms with Gasteiger partial charge in [-0.15, -0.1) is 0 Å². The minimum atomic E-state index is 0.0357. The van der Waals surface area contributed by atoms with Crippen molar-refractivity contribution in [2.24, 2.45) is 5.92 Å². The molecule has 5 heteroatoms. The highest BCUT2D eigenvalue weighted by Gasteiger charge is 2.23. The van der Waals surface area contributed by atoms with E-state index >= 15 is 0 Å². The lowest BCUT2D eigenvalue weighted by molar-refractivity contribution is -0.119. The van der Waals surface area contributed by atoms with E-state index in [1.165, 1.54) is 31.0 Å². The number of hydrogen-bond donors (Lipinski definition) is 1. The van der Waals surface area contributed by atoms with Gasteiger partial charge in [-0.05, 0) is 44.2 Å². The number of amides is 1. The molecule has 0 saturated heterocycles. The summed E-state index contributed by atoms with van der Waals surface area (Å²) in [5, 5.41) is 13.0. The summed E-state index contributed by atoms with van der Waals surface area (Å²) >= 11 is 1.35. The fraction of sp³-hybridized carbons (Fsp3) is 0.588. The molecule has 1 amide bonds. The van der Waals surface area contributed by atoms with E-state index in [0.717, 1.165) is 17.7 Å². The van der Waals surface area contributed by atoms with Gasteiger partial charge >= 0.3 is 0 Å². The predicted octanol–water partition coefficient (Wildman–Crippen LogP) is 3.36. The van der Waals surface area contributed by atoms with E-state index < -0.39 is 0 Å². The molecule has 1 aromatic heterocycles. The quantitative estimate of drug-likeness (QED) is 0.865. The largest absolute Gasteiger partial charge is 0.352 e. The van der Waals surface area contributed by atoms with Crippen LogP contribution in [0.5, 0.6) is 0 Å². The molecule has 2 atom stereocenters. The third-order valence-corrected chi connectivity index (χ3v) is 5.20. The maximum atomic E-state index is 12.2. The molecule has 0 unspecified atom stereocenters. The molecule has 22 heavy (non-hydrogen) atoms. The number of nitrogens with one attached hydrogen (secondary N) is 1. The first kappa shape index (κ1) is 16.8. The Hall–Kier alpha value is -1.54. The molecule has 1 aliphatic rings. The van der Waals surface area contributed by atoms with Gasteiger partial charge in [0.1, 0.15) is 11.1 Å². The molecule has 0 radical (unpaired) electrons. The lowest BCUT2D eigenvalue weighted by Gasteiger charge is -2.29. The normalized spacial score (nSPS) is 21.2. The van der Waals surface area contributed by atoms with Crippen molar-refractivity contribution in [2.75, 3.05) is 5.75 Å². The number of aromatic nitrogens is 1. The highest BCUT2D eigenvalue weighted by molar-refractivity contribution is 8.00. The van der Waals surface area contributed by atoms with Crippen LogP contribution in [0.1, 0.15) is 49.4 Å². The smallest absolute Gasteiger partial charge is 0.230 e. The molecule has 1 aliphatic carbocycles. The molecule has 1 heterocycles. The molecule has 1 N–H and O–H groups in total. The Kier molecular flexibility index (Phi) is 5.84. The first-order valence-electron chi connectivity index (χ1n) is 7.81. The molecular formula is C17H23N3OS. The van der Waals surface area contributed by atoms with Crippen LogP contribution in [0, 0.1) is 31.1 Å². The van der Waals surface area contributed by atoms with E-state index in [4.69, 9.17) is 0 Å². The Morgan fingerprint density at radius 3 is 2.86 bits per heavy atom. The maximum absolute atomic E-state index is 12.2. The lowest BCUT2D eigenvalue weighted by Crippen LogP contribution is -2.41. The monoisotopic (exact) mass is 317 g/mol. The molecule has 0 spiro atoms. The predicted molar refractivity (Wildman–Crippen MR) is 88.7 cm³/mol. The van der Waals surface area contributed by atoms with Crippen LogP contribution in [-0.4, -0.2) is 22.7 Å². The molecule has 0 aromatic carbocycles. The summed E-state index contributed by atoms with van der Waals surface area (Å²) in [6, 6.07) is 4.38. The van der Waals surface area contributed by atoms with Gasteiger partial charge in [-0.25, -0.2) is 4.98 Å². The standard InChI is InChI=1S/C17H23N3OS/c1-11-6-4-5-7-15(11)20-16(21)10-22-17-14(9-18)12(2)8-13(3)19-17/h8,11,15H,4-7,10H2,1-3H3,(H,20,21)/t11-,15+/m1/s1. The van der Waals surface area contributed by atoms with Crippen molar-refractivity contribution >= 4 is 17.7 Å². The summed E-state index contributed by atoms with van der Waals surface area (Å²) < 4.78 is 0. The Labute approximate surface area is 136 Å². The van der Waals surface area contributed by atoms with Gasteiger partial charge < -0.3 is 5.32 Å². The summed E-state index contributed by atoms with van der Waals surface area (Å²) in [5.74, 6) is 0.902. The lowest BCUT2D eigenvalue weighted by atomic mass is 9.86. The average molecular weight is 317 g/mol. The first-order valence-corrected chi connectivity index (χ1v) is 8.80. The number of nitrogens with zero attached hydrogens (tertiary/aromatic N) is 2. The first-order chi connectivity index (χ1) is 10.5. The fourth-order valence-corrected chi connectivity index (χ4v) is 3.87. The molecule has 1 aromatic rings.